The fourth-order valence-electron chi connectivity index (χ4n) is 2.24. The fourth-order valence-corrected chi connectivity index (χ4v) is 2.24. The van der Waals surface area contributed by atoms with E-state index in [9.17, 15) is 13.6 Å². The number of rotatable bonds is 4. The molecule has 0 saturated heterocycles. The minimum atomic E-state index is -2.98. The van der Waals surface area contributed by atoms with Crippen molar-refractivity contribution in [2.75, 3.05) is 6.54 Å². The summed E-state index contributed by atoms with van der Waals surface area (Å²) in [5, 5.41) is 7.22. The zero-order chi connectivity index (χ0) is 16.4. The summed E-state index contributed by atoms with van der Waals surface area (Å²) < 4.78 is 27.4. The van der Waals surface area contributed by atoms with Crippen LogP contribution in [0.1, 0.15) is 17.4 Å². The van der Waals surface area contributed by atoms with E-state index in [-0.39, 0.29) is 5.69 Å². The zero-order valence-corrected chi connectivity index (χ0v) is 12.3. The van der Waals surface area contributed by atoms with Crippen LogP contribution in [0.4, 0.5) is 8.78 Å². The van der Waals surface area contributed by atoms with Gasteiger partial charge in [-0.25, -0.2) is 13.5 Å². The minimum Gasteiger partial charge on any atom is -0.345 e. The van der Waals surface area contributed by atoms with Crippen LogP contribution in [-0.4, -0.2) is 33.1 Å². The number of pyridine rings is 1. The molecule has 3 aromatic rings. The molecule has 0 saturated carbocycles. The maximum Gasteiger partial charge on any atom is 0.270 e. The largest absolute Gasteiger partial charge is 0.345 e. The number of nitrogens with one attached hydrogen (secondary N) is 1. The molecule has 1 N–H and O–H groups in total. The number of benzene rings is 1. The van der Waals surface area contributed by atoms with Crippen LogP contribution in [0, 0.1) is 0 Å². The SMILES string of the molecule is CC(F)(F)CNC(=O)c1c2ccccc2nn1-c1cccnc1. The number of carbonyl (C=O) groups excluding carboxylic acids is 1. The van der Waals surface area contributed by atoms with Gasteiger partial charge < -0.3 is 5.32 Å². The summed E-state index contributed by atoms with van der Waals surface area (Å²) in [6.45, 7) is 0.0161. The van der Waals surface area contributed by atoms with Gasteiger partial charge in [0.2, 0.25) is 0 Å². The number of carbonyl (C=O) groups is 1. The Morgan fingerprint density at radius 3 is 2.74 bits per heavy atom. The number of hydrogen-bond donors (Lipinski definition) is 1. The van der Waals surface area contributed by atoms with Gasteiger partial charge in [0.15, 0.2) is 0 Å². The average molecular weight is 316 g/mol. The van der Waals surface area contributed by atoms with Crippen LogP contribution in [0.5, 0.6) is 0 Å². The van der Waals surface area contributed by atoms with Crippen LogP contribution < -0.4 is 5.32 Å². The Morgan fingerprint density at radius 2 is 2.04 bits per heavy atom. The molecule has 0 aliphatic rings. The van der Waals surface area contributed by atoms with Gasteiger partial charge in [-0.3, -0.25) is 9.78 Å². The monoisotopic (exact) mass is 316 g/mol. The molecule has 0 aliphatic carbocycles. The Kier molecular flexibility index (Phi) is 3.77. The van der Waals surface area contributed by atoms with Gasteiger partial charge in [0.25, 0.3) is 11.8 Å². The Balaban J connectivity index is 2.08. The molecule has 118 valence electrons. The second kappa shape index (κ2) is 5.75. The van der Waals surface area contributed by atoms with Crippen molar-refractivity contribution in [3.05, 3.63) is 54.5 Å². The van der Waals surface area contributed by atoms with Crippen molar-refractivity contribution >= 4 is 16.8 Å². The molecule has 0 bridgehead atoms. The highest BCUT2D eigenvalue weighted by Gasteiger charge is 2.25. The third-order valence-electron chi connectivity index (χ3n) is 3.24. The first-order valence-corrected chi connectivity index (χ1v) is 7.00. The molecule has 0 aliphatic heterocycles. The molecular weight excluding hydrogens is 302 g/mol. The quantitative estimate of drug-likeness (QED) is 0.805. The molecule has 1 amide bonds. The molecule has 3 rings (SSSR count). The second-order valence-corrected chi connectivity index (χ2v) is 5.24. The van der Waals surface area contributed by atoms with E-state index >= 15 is 0 Å². The van der Waals surface area contributed by atoms with Crippen LogP contribution in [-0.2, 0) is 0 Å². The molecule has 0 fully saturated rings. The number of hydrogen-bond acceptors (Lipinski definition) is 3. The maximum absolute atomic E-state index is 13.0. The summed E-state index contributed by atoms with van der Waals surface area (Å²) in [5.41, 5.74) is 1.39. The lowest BCUT2D eigenvalue weighted by molar-refractivity contribution is 0.0220. The highest BCUT2D eigenvalue weighted by Crippen LogP contribution is 2.21. The summed E-state index contributed by atoms with van der Waals surface area (Å²) in [6, 6.07) is 10.5. The molecule has 7 heteroatoms. The van der Waals surface area contributed by atoms with Crippen LogP contribution in [0.25, 0.3) is 16.6 Å². The lowest BCUT2D eigenvalue weighted by Crippen LogP contribution is -2.35. The van der Waals surface area contributed by atoms with E-state index in [1.807, 2.05) is 0 Å². The number of fused-ring (bicyclic) bond motifs is 1. The molecule has 2 aromatic heterocycles. The van der Waals surface area contributed by atoms with Crippen molar-refractivity contribution < 1.29 is 13.6 Å². The van der Waals surface area contributed by atoms with Gasteiger partial charge in [0.1, 0.15) is 5.69 Å². The number of halogens is 2. The molecule has 5 nitrogen and oxygen atoms in total. The molecule has 0 unspecified atom stereocenters. The van der Waals surface area contributed by atoms with Crippen LogP contribution in [0.3, 0.4) is 0 Å². The van der Waals surface area contributed by atoms with Crippen molar-refractivity contribution in [3.8, 4) is 5.69 Å². The van der Waals surface area contributed by atoms with Gasteiger partial charge in [0.05, 0.1) is 23.9 Å². The van der Waals surface area contributed by atoms with Gasteiger partial charge >= 0.3 is 0 Å². The van der Waals surface area contributed by atoms with E-state index in [4.69, 9.17) is 0 Å². The predicted octanol–water partition coefficient (Wildman–Crippen LogP) is 2.81. The van der Waals surface area contributed by atoms with Gasteiger partial charge in [-0.2, -0.15) is 5.10 Å². The van der Waals surface area contributed by atoms with Gasteiger partial charge in [-0.1, -0.05) is 18.2 Å². The van der Waals surface area contributed by atoms with Gasteiger partial charge in [-0.15, -0.1) is 0 Å². The molecule has 2 heterocycles. The van der Waals surface area contributed by atoms with E-state index in [0.29, 0.717) is 16.6 Å². The van der Waals surface area contributed by atoms with E-state index in [1.54, 1.807) is 48.8 Å². The van der Waals surface area contributed by atoms with E-state index in [0.717, 1.165) is 6.92 Å². The average Bonchev–Trinajstić information content (AvgIpc) is 2.92. The van der Waals surface area contributed by atoms with E-state index in [1.165, 1.54) is 4.68 Å². The topological polar surface area (TPSA) is 59.8 Å². The number of aromatic nitrogens is 3. The highest BCUT2D eigenvalue weighted by atomic mass is 19.3. The molecule has 0 radical (unpaired) electrons. The molecule has 23 heavy (non-hydrogen) atoms. The normalized spacial score (nSPS) is 11.6. The van der Waals surface area contributed by atoms with Crippen LogP contribution >= 0.6 is 0 Å². The summed E-state index contributed by atoms with van der Waals surface area (Å²) in [6.07, 6.45) is 3.15. The maximum atomic E-state index is 13.0. The van der Waals surface area contributed by atoms with Crippen LogP contribution in [0.2, 0.25) is 0 Å². The smallest absolute Gasteiger partial charge is 0.270 e. The fraction of sp³-hybridized carbons (Fsp3) is 0.188. The van der Waals surface area contributed by atoms with E-state index in [2.05, 4.69) is 15.4 Å². The summed E-state index contributed by atoms with van der Waals surface area (Å²) in [5.74, 6) is -3.59. The Labute approximate surface area is 130 Å². The second-order valence-electron chi connectivity index (χ2n) is 5.24. The lowest BCUT2D eigenvalue weighted by Gasteiger charge is -2.12. The predicted molar refractivity (Wildman–Crippen MR) is 81.8 cm³/mol. The van der Waals surface area contributed by atoms with Crippen molar-refractivity contribution in [2.24, 2.45) is 0 Å². The highest BCUT2D eigenvalue weighted by molar-refractivity contribution is 6.05. The number of amides is 1. The lowest BCUT2D eigenvalue weighted by atomic mass is 10.2. The van der Waals surface area contributed by atoms with Crippen molar-refractivity contribution in [1.29, 1.82) is 0 Å². The van der Waals surface area contributed by atoms with Gasteiger partial charge in [0, 0.05) is 18.5 Å². The zero-order valence-electron chi connectivity index (χ0n) is 12.3. The van der Waals surface area contributed by atoms with Crippen molar-refractivity contribution in [3.63, 3.8) is 0 Å². The third-order valence-corrected chi connectivity index (χ3v) is 3.24. The summed E-state index contributed by atoms with van der Waals surface area (Å²) >= 11 is 0. The third kappa shape index (κ3) is 3.18. The molecule has 1 aromatic carbocycles. The van der Waals surface area contributed by atoms with E-state index < -0.39 is 18.4 Å². The first-order valence-electron chi connectivity index (χ1n) is 7.00. The van der Waals surface area contributed by atoms with Crippen molar-refractivity contribution in [2.45, 2.75) is 12.8 Å². The minimum absolute atomic E-state index is 0.206. The number of alkyl halides is 2. The van der Waals surface area contributed by atoms with Crippen molar-refractivity contribution in [1.82, 2.24) is 20.1 Å². The Morgan fingerprint density at radius 1 is 1.26 bits per heavy atom. The molecule has 0 atom stereocenters. The van der Waals surface area contributed by atoms with Crippen LogP contribution in [0.15, 0.2) is 48.8 Å². The first kappa shape index (κ1) is 15.1. The number of nitrogens with zero attached hydrogens (tertiary/aromatic N) is 3. The molecule has 0 spiro atoms. The Bertz CT molecular complexity index is 840. The van der Waals surface area contributed by atoms with Gasteiger partial charge in [-0.05, 0) is 18.2 Å². The Hall–Kier alpha value is -2.83. The first-order chi connectivity index (χ1) is 11.0. The standard InChI is InChI=1S/C16H14F2N4O/c1-16(17,18)10-20-15(23)14-12-6-2-3-7-13(12)21-22(14)11-5-4-8-19-9-11/h2-9H,10H2,1H3,(H,20,23). The summed E-state index contributed by atoms with van der Waals surface area (Å²) in [4.78, 5) is 16.4. The summed E-state index contributed by atoms with van der Waals surface area (Å²) in [7, 11) is 0. The molecular formula is C16H14F2N4O.